The van der Waals surface area contributed by atoms with Gasteiger partial charge in [-0.15, -0.1) is 0 Å². The van der Waals surface area contributed by atoms with Gasteiger partial charge in [0.15, 0.2) is 0 Å². The van der Waals surface area contributed by atoms with Crippen LogP contribution in [0.25, 0.3) is 0 Å². The third-order valence-corrected chi connectivity index (χ3v) is 8.85. The van der Waals surface area contributed by atoms with E-state index >= 15 is 0 Å². The normalized spacial score (nSPS) is 19.6. The highest BCUT2D eigenvalue weighted by molar-refractivity contribution is 6.04. The van der Waals surface area contributed by atoms with Gasteiger partial charge in [0, 0.05) is 44.8 Å². The maximum atomic E-state index is 13.4. The maximum Gasteiger partial charge on any atom is 0.336 e. The van der Waals surface area contributed by atoms with Gasteiger partial charge in [0.05, 0.1) is 17.2 Å². The zero-order chi connectivity index (χ0) is 30.1. The first-order valence-electron chi connectivity index (χ1n) is 14.8. The van der Waals surface area contributed by atoms with Crippen LogP contribution in [0.2, 0.25) is 0 Å². The van der Waals surface area contributed by atoms with Gasteiger partial charge in [0.1, 0.15) is 5.75 Å². The largest absolute Gasteiger partial charge is 0.508 e. The second-order valence-electron chi connectivity index (χ2n) is 11.8. The molecule has 3 atom stereocenters. The Balaban J connectivity index is 1.28. The Labute approximate surface area is 252 Å². The molecule has 2 N–H and O–H groups in total. The van der Waals surface area contributed by atoms with Gasteiger partial charge in [-0.05, 0) is 65.9 Å². The highest BCUT2D eigenvalue weighted by Gasteiger charge is 2.36. The molecule has 2 aliphatic rings. The lowest BCUT2D eigenvalue weighted by molar-refractivity contribution is 0.0195. The summed E-state index contributed by atoms with van der Waals surface area (Å²) in [5.41, 5.74) is 5.79. The second kappa shape index (κ2) is 12.0. The van der Waals surface area contributed by atoms with E-state index in [9.17, 15) is 19.8 Å². The van der Waals surface area contributed by atoms with Gasteiger partial charge >= 0.3 is 5.97 Å². The Hall–Kier alpha value is -4.46. The Bertz CT molecular complexity index is 1640. The van der Waals surface area contributed by atoms with Gasteiger partial charge in [-0.2, -0.15) is 0 Å². The van der Waals surface area contributed by atoms with Gasteiger partial charge in [-0.25, -0.2) is 4.79 Å². The molecule has 0 unspecified atom stereocenters. The van der Waals surface area contributed by atoms with E-state index in [0.717, 1.165) is 41.9 Å². The first-order chi connectivity index (χ1) is 20.8. The molecule has 1 amide bonds. The number of hydrogen-bond acceptors (Lipinski definition) is 5. The number of carboxylic acids is 1. The topological polar surface area (TPSA) is 84.3 Å². The number of hydrogen-bond donors (Lipinski definition) is 2. The van der Waals surface area contributed by atoms with Crippen molar-refractivity contribution in [3.63, 3.8) is 0 Å². The lowest BCUT2D eigenvalue weighted by atomic mass is 9.91. The molecule has 6 rings (SSSR count). The molecular weight excluding hydrogens is 538 g/mol. The summed E-state index contributed by atoms with van der Waals surface area (Å²) in [5.74, 6) is -1.15. The van der Waals surface area contributed by atoms with Crippen LogP contribution in [0.1, 0.15) is 68.4 Å². The molecule has 220 valence electrons. The van der Waals surface area contributed by atoms with Crippen LogP contribution in [0.15, 0.2) is 97.1 Å². The standard InChI is InChI=1S/C36H37N3O4/c1-24-20-39(25(2)19-37(24)21-26-9-4-3-5-10-26)34(27-11-8-12-31(40)18-27)28-15-16-29-22-38(23-30(29)17-28)35(41)32-13-6-7-14-33(32)36(42)43/h3-18,24-25,34,40H,19-23H2,1-2H3,(H,42,43)/t24-,25+,34+/m1/s1. The third kappa shape index (κ3) is 5.91. The van der Waals surface area contributed by atoms with Crippen LogP contribution in [-0.2, 0) is 19.6 Å². The number of phenols is 1. The zero-order valence-corrected chi connectivity index (χ0v) is 24.6. The first kappa shape index (κ1) is 28.6. The molecule has 0 aromatic heterocycles. The summed E-state index contributed by atoms with van der Waals surface area (Å²) in [7, 11) is 0. The number of amides is 1. The number of carbonyl (C=O) groups excluding carboxylic acids is 1. The molecule has 0 bridgehead atoms. The van der Waals surface area contributed by atoms with E-state index < -0.39 is 5.97 Å². The van der Waals surface area contributed by atoms with Gasteiger partial charge in [-0.1, -0.05) is 72.8 Å². The number of benzene rings is 4. The Morgan fingerprint density at radius 3 is 2.21 bits per heavy atom. The summed E-state index contributed by atoms with van der Waals surface area (Å²) in [6.07, 6.45) is 0. The number of nitrogens with zero attached hydrogens (tertiary/aromatic N) is 3. The number of carbonyl (C=O) groups is 2. The van der Waals surface area contributed by atoms with E-state index in [1.165, 1.54) is 11.6 Å². The van der Waals surface area contributed by atoms with Gasteiger partial charge in [-0.3, -0.25) is 14.6 Å². The summed E-state index contributed by atoms with van der Waals surface area (Å²) in [5, 5.41) is 20.1. The molecule has 2 heterocycles. The van der Waals surface area contributed by atoms with E-state index in [-0.39, 0.29) is 34.9 Å². The number of fused-ring (bicyclic) bond motifs is 1. The smallest absolute Gasteiger partial charge is 0.336 e. The van der Waals surface area contributed by atoms with Crippen molar-refractivity contribution in [2.45, 2.75) is 51.6 Å². The van der Waals surface area contributed by atoms with Crippen molar-refractivity contribution in [3.8, 4) is 5.75 Å². The van der Waals surface area contributed by atoms with E-state index in [2.05, 4.69) is 72.2 Å². The van der Waals surface area contributed by atoms with Crippen LogP contribution in [0.4, 0.5) is 0 Å². The minimum absolute atomic E-state index is 0.0163. The minimum Gasteiger partial charge on any atom is -0.508 e. The van der Waals surface area contributed by atoms with Crippen LogP contribution in [0, 0.1) is 0 Å². The lowest BCUT2D eigenvalue weighted by Crippen LogP contribution is -2.56. The molecule has 1 saturated heterocycles. The van der Waals surface area contributed by atoms with Gasteiger partial charge < -0.3 is 15.1 Å². The summed E-state index contributed by atoms with van der Waals surface area (Å²) in [6.45, 7) is 8.09. The maximum absolute atomic E-state index is 13.4. The fourth-order valence-corrected chi connectivity index (χ4v) is 6.65. The molecule has 7 nitrogen and oxygen atoms in total. The fourth-order valence-electron chi connectivity index (χ4n) is 6.65. The number of rotatable bonds is 7. The van der Waals surface area contributed by atoms with Crippen molar-refractivity contribution in [3.05, 3.63) is 136 Å². The molecule has 7 heteroatoms. The molecule has 0 aliphatic carbocycles. The lowest BCUT2D eigenvalue weighted by Gasteiger charge is -2.47. The summed E-state index contributed by atoms with van der Waals surface area (Å²) in [4.78, 5) is 32.0. The highest BCUT2D eigenvalue weighted by Crippen LogP contribution is 2.37. The van der Waals surface area contributed by atoms with Crippen LogP contribution in [0.5, 0.6) is 5.75 Å². The predicted molar refractivity (Wildman–Crippen MR) is 166 cm³/mol. The van der Waals surface area contributed by atoms with Crippen LogP contribution >= 0.6 is 0 Å². The average molecular weight is 576 g/mol. The molecule has 43 heavy (non-hydrogen) atoms. The van der Waals surface area contributed by atoms with Crippen molar-refractivity contribution in [2.75, 3.05) is 13.1 Å². The van der Waals surface area contributed by atoms with Gasteiger partial charge in [0.25, 0.3) is 5.91 Å². The molecule has 0 radical (unpaired) electrons. The predicted octanol–water partition coefficient (Wildman–Crippen LogP) is 5.93. The summed E-state index contributed by atoms with van der Waals surface area (Å²) >= 11 is 0. The molecule has 4 aromatic carbocycles. The Morgan fingerprint density at radius 2 is 1.47 bits per heavy atom. The molecule has 4 aromatic rings. The SMILES string of the molecule is C[C@@H]1CN([C@@H](c2cccc(O)c2)c2ccc3c(c2)CN(C(=O)c2ccccc2C(=O)O)C3)[C@@H](C)CN1Cc1ccccc1. The minimum atomic E-state index is -1.11. The Morgan fingerprint density at radius 1 is 0.767 bits per heavy atom. The van der Waals surface area contributed by atoms with E-state index in [4.69, 9.17) is 0 Å². The molecule has 1 fully saturated rings. The van der Waals surface area contributed by atoms with Crippen molar-refractivity contribution in [1.82, 2.24) is 14.7 Å². The van der Waals surface area contributed by atoms with Crippen LogP contribution in [0.3, 0.4) is 0 Å². The number of piperazine rings is 1. The van der Waals surface area contributed by atoms with E-state index in [0.29, 0.717) is 19.1 Å². The number of aromatic carboxylic acids is 1. The number of aromatic hydroxyl groups is 1. The van der Waals surface area contributed by atoms with Crippen molar-refractivity contribution >= 4 is 11.9 Å². The average Bonchev–Trinajstić information content (AvgIpc) is 3.43. The second-order valence-corrected chi connectivity index (χ2v) is 11.8. The number of phenolic OH excluding ortho intramolecular Hbond substituents is 1. The zero-order valence-electron chi connectivity index (χ0n) is 24.6. The van der Waals surface area contributed by atoms with Crippen LogP contribution < -0.4 is 0 Å². The van der Waals surface area contributed by atoms with Crippen molar-refractivity contribution in [2.24, 2.45) is 0 Å². The van der Waals surface area contributed by atoms with Crippen LogP contribution in [-0.4, -0.2) is 62.0 Å². The summed E-state index contributed by atoms with van der Waals surface area (Å²) in [6, 6.07) is 31.4. The fraction of sp³-hybridized carbons (Fsp3) is 0.278. The van der Waals surface area contributed by atoms with E-state index in [1.54, 1.807) is 29.2 Å². The molecule has 0 spiro atoms. The Kier molecular flexibility index (Phi) is 8.02. The molecule has 0 saturated carbocycles. The third-order valence-electron chi connectivity index (χ3n) is 8.85. The monoisotopic (exact) mass is 575 g/mol. The molecular formula is C36H37N3O4. The summed E-state index contributed by atoms with van der Waals surface area (Å²) < 4.78 is 0. The van der Waals surface area contributed by atoms with Crippen molar-refractivity contribution < 1.29 is 19.8 Å². The highest BCUT2D eigenvalue weighted by atomic mass is 16.4. The van der Waals surface area contributed by atoms with Gasteiger partial charge in [0.2, 0.25) is 0 Å². The quantitative estimate of drug-likeness (QED) is 0.284. The van der Waals surface area contributed by atoms with Crippen molar-refractivity contribution in [1.29, 1.82) is 0 Å². The molecule has 2 aliphatic heterocycles. The number of carboxylic acid groups (broad SMARTS) is 1. The van der Waals surface area contributed by atoms with E-state index in [1.807, 2.05) is 18.2 Å². The first-order valence-corrected chi connectivity index (χ1v) is 14.8.